The fraction of sp³-hybridized carbons (Fsp3) is 0.833. The number of carboxylic acid groups (broad SMARTS) is 1. The van der Waals surface area contributed by atoms with Gasteiger partial charge in [0, 0.05) is 25.6 Å². The van der Waals surface area contributed by atoms with Gasteiger partial charge in [-0.2, -0.15) is 0 Å². The molecule has 5 nitrogen and oxygen atoms in total. The van der Waals surface area contributed by atoms with Crippen molar-refractivity contribution in [2.24, 2.45) is 5.92 Å². The van der Waals surface area contributed by atoms with E-state index in [1.807, 2.05) is 4.90 Å². The van der Waals surface area contributed by atoms with Gasteiger partial charge in [0.25, 0.3) is 0 Å². The third kappa shape index (κ3) is 3.11. The van der Waals surface area contributed by atoms with Gasteiger partial charge in [-0.1, -0.05) is 0 Å². The van der Waals surface area contributed by atoms with Crippen LogP contribution in [0, 0.1) is 5.92 Å². The maximum atomic E-state index is 11.8. The summed E-state index contributed by atoms with van der Waals surface area (Å²) in [6.45, 7) is 1.49. The fourth-order valence-electron chi connectivity index (χ4n) is 2.87. The molecule has 2 amide bonds. The lowest BCUT2D eigenvalue weighted by Gasteiger charge is -2.27. The SMILES string of the molecule is O=C(O)CCCCNC(=O)N1CC2CCC1C2. The zero-order chi connectivity index (χ0) is 12.3. The molecule has 0 aromatic rings. The zero-order valence-corrected chi connectivity index (χ0v) is 10.0. The Morgan fingerprint density at radius 2 is 2.12 bits per heavy atom. The molecular weight excluding hydrogens is 220 g/mol. The van der Waals surface area contributed by atoms with Crippen LogP contribution in [0.1, 0.15) is 38.5 Å². The van der Waals surface area contributed by atoms with Gasteiger partial charge in [0.1, 0.15) is 0 Å². The lowest BCUT2D eigenvalue weighted by Crippen LogP contribution is -2.44. The summed E-state index contributed by atoms with van der Waals surface area (Å²) in [5.74, 6) is -0.0501. The monoisotopic (exact) mass is 240 g/mol. The van der Waals surface area contributed by atoms with Crippen molar-refractivity contribution in [2.45, 2.75) is 44.6 Å². The van der Waals surface area contributed by atoms with E-state index in [0.29, 0.717) is 19.0 Å². The Morgan fingerprint density at radius 1 is 1.29 bits per heavy atom. The molecule has 1 saturated heterocycles. The number of nitrogens with zero attached hydrogens (tertiary/aromatic N) is 1. The largest absolute Gasteiger partial charge is 0.481 e. The second-order valence-electron chi connectivity index (χ2n) is 5.07. The summed E-state index contributed by atoms with van der Waals surface area (Å²) in [5, 5.41) is 11.3. The van der Waals surface area contributed by atoms with Gasteiger partial charge in [-0.05, 0) is 38.0 Å². The van der Waals surface area contributed by atoms with Crippen LogP contribution in [0.5, 0.6) is 0 Å². The highest BCUT2D eigenvalue weighted by atomic mass is 16.4. The second kappa shape index (κ2) is 5.38. The number of aliphatic carboxylic acids is 1. The van der Waals surface area contributed by atoms with Crippen LogP contribution >= 0.6 is 0 Å². The molecule has 2 N–H and O–H groups in total. The first kappa shape index (κ1) is 12.2. The van der Waals surface area contributed by atoms with Gasteiger partial charge >= 0.3 is 12.0 Å². The van der Waals surface area contributed by atoms with Crippen molar-refractivity contribution in [1.82, 2.24) is 10.2 Å². The van der Waals surface area contributed by atoms with Crippen LogP contribution < -0.4 is 5.32 Å². The summed E-state index contributed by atoms with van der Waals surface area (Å²) in [6, 6.07) is 0.492. The van der Waals surface area contributed by atoms with Crippen LogP contribution in [0.4, 0.5) is 4.79 Å². The molecule has 0 aromatic carbocycles. The standard InChI is InChI=1S/C12H20N2O3/c15-11(16)3-1-2-6-13-12(17)14-8-9-4-5-10(14)7-9/h9-10H,1-8H2,(H,13,17)(H,15,16). The predicted octanol–water partition coefficient (Wildman–Crippen LogP) is 1.44. The van der Waals surface area contributed by atoms with Crippen molar-refractivity contribution in [3.8, 4) is 0 Å². The van der Waals surface area contributed by atoms with Gasteiger partial charge in [-0.25, -0.2) is 4.79 Å². The fourth-order valence-corrected chi connectivity index (χ4v) is 2.87. The highest BCUT2D eigenvalue weighted by Crippen LogP contribution is 2.37. The summed E-state index contributed by atoms with van der Waals surface area (Å²) in [4.78, 5) is 24.1. The van der Waals surface area contributed by atoms with Crippen LogP contribution in [-0.4, -0.2) is 41.1 Å². The summed E-state index contributed by atoms with van der Waals surface area (Å²) in [5.41, 5.74) is 0. The van der Waals surface area contributed by atoms with Gasteiger partial charge in [0.15, 0.2) is 0 Å². The van der Waals surface area contributed by atoms with Gasteiger partial charge in [-0.15, -0.1) is 0 Å². The number of likely N-dealkylation sites (tertiary alicyclic amines) is 1. The molecule has 2 atom stereocenters. The Bertz CT molecular complexity index is 306. The predicted molar refractivity (Wildman–Crippen MR) is 62.7 cm³/mol. The van der Waals surface area contributed by atoms with Gasteiger partial charge < -0.3 is 15.3 Å². The third-order valence-electron chi connectivity index (χ3n) is 3.76. The number of fused-ring (bicyclic) bond motifs is 2. The van der Waals surface area contributed by atoms with E-state index in [-0.39, 0.29) is 12.5 Å². The van der Waals surface area contributed by atoms with Crippen LogP contribution in [0.15, 0.2) is 0 Å². The van der Waals surface area contributed by atoms with Gasteiger partial charge in [0.2, 0.25) is 0 Å². The number of rotatable bonds is 5. The molecule has 0 radical (unpaired) electrons. The minimum atomic E-state index is -0.770. The summed E-state index contributed by atoms with van der Waals surface area (Å²) >= 11 is 0. The maximum absolute atomic E-state index is 11.8. The Kier molecular flexibility index (Phi) is 3.86. The summed E-state index contributed by atoms with van der Waals surface area (Å²) in [7, 11) is 0. The Balaban J connectivity index is 1.60. The second-order valence-corrected chi connectivity index (χ2v) is 5.07. The average molecular weight is 240 g/mol. The van der Waals surface area contributed by atoms with Crippen molar-refractivity contribution in [3.63, 3.8) is 0 Å². The molecule has 2 bridgehead atoms. The van der Waals surface area contributed by atoms with E-state index in [1.54, 1.807) is 0 Å². The van der Waals surface area contributed by atoms with Crippen molar-refractivity contribution in [2.75, 3.05) is 13.1 Å². The van der Waals surface area contributed by atoms with E-state index in [0.717, 1.165) is 25.3 Å². The number of carbonyl (C=O) groups excluding carboxylic acids is 1. The van der Waals surface area contributed by atoms with Crippen LogP contribution in [0.3, 0.4) is 0 Å². The number of carbonyl (C=O) groups is 2. The molecule has 1 heterocycles. The minimum absolute atomic E-state index is 0.0347. The minimum Gasteiger partial charge on any atom is -0.481 e. The number of unbranched alkanes of at least 4 members (excludes halogenated alkanes) is 1. The smallest absolute Gasteiger partial charge is 0.317 e. The van der Waals surface area contributed by atoms with E-state index in [9.17, 15) is 9.59 Å². The van der Waals surface area contributed by atoms with Gasteiger partial charge in [-0.3, -0.25) is 4.79 Å². The van der Waals surface area contributed by atoms with Crippen molar-refractivity contribution in [1.29, 1.82) is 0 Å². The highest BCUT2D eigenvalue weighted by Gasteiger charge is 2.39. The van der Waals surface area contributed by atoms with E-state index in [1.165, 1.54) is 12.8 Å². The Hall–Kier alpha value is -1.26. The molecule has 2 rings (SSSR count). The molecule has 2 unspecified atom stereocenters. The van der Waals surface area contributed by atoms with E-state index < -0.39 is 5.97 Å². The molecule has 17 heavy (non-hydrogen) atoms. The van der Waals surface area contributed by atoms with Crippen LogP contribution in [-0.2, 0) is 4.79 Å². The number of nitrogens with one attached hydrogen (secondary N) is 1. The van der Waals surface area contributed by atoms with Crippen LogP contribution in [0.2, 0.25) is 0 Å². The average Bonchev–Trinajstić information content (AvgIpc) is 2.89. The maximum Gasteiger partial charge on any atom is 0.317 e. The van der Waals surface area contributed by atoms with Crippen molar-refractivity contribution >= 4 is 12.0 Å². The molecular formula is C12H20N2O3. The first-order valence-corrected chi connectivity index (χ1v) is 6.43. The quantitative estimate of drug-likeness (QED) is 0.714. The topological polar surface area (TPSA) is 69.6 Å². The molecule has 2 aliphatic rings. The first-order chi connectivity index (χ1) is 8.16. The highest BCUT2D eigenvalue weighted by molar-refractivity contribution is 5.75. The first-order valence-electron chi connectivity index (χ1n) is 6.43. The molecule has 96 valence electrons. The molecule has 5 heteroatoms. The molecule has 0 aromatic heterocycles. The number of piperidine rings is 1. The number of urea groups is 1. The Labute approximate surface area is 101 Å². The van der Waals surface area contributed by atoms with E-state index >= 15 is 0 Å². The van der Waals surface area contributed by atoms with E-state index in [4.69, 9.17) is 5.11 Å². The number of carboxylic acids is 1. The van der Waals surface area contributed by atoms with Crippen molar-refractivity contribution in [3.05, 3.63) is 0 Å². The number of hydrogen-bond donors (Lipinski definition) is 2. The van der Waals surface area contributed by atoms with Crippen LogP contribution in [0.25, 0.3) is 0 Å². The zero-order valence-electron chi connectivity index (χ0n) is 10.0. The normalized spacial score (nSPS) is 26.2. The Morgan fingerprint density at radius 3 is 2.71 bits per heavy atom. The van der Waals surface area contributed by atoms with E-state index in [2.05, 4.69) is 5.32 Å². The summed E-state index contributed by atoms with van der Waals surface area (Å²) in [6.07, 6.45) is 5.14. The third-order valence-corrected chi connectivity index (χ3v) is 3.76. The van der Waals surface area contributed by atoms with Gasteiger partial charge in [0.05, 0.1) is 0 Å². The molecule has 1 saturated carbocycles. The lowest BCUT2D eigenvalue weighted by atomic mass is 10.1. The summed E-state index contributed by atoms with van der Waals surface area (Å²) < 4.78 is 0. The molecule has 2 fully saturated rings. The van der Waals surface area contributed by atoms with Crippen molar-refractivity contribution < 1.29 is 14.7 Å². The number of hydrogen-bond acceptors (Lipinski definition) is 2. The lowest BCUT2D eigenvalue weighted by molar-refractivity contribution is -0.137. The molecule has 1 aliphatic heterocycles. The number of amides is 2. The molecule has 1 aliphatic carbocycles. The molecule has 0 spiro atoms.